The van der Waals surface area contributed by atoms with Gasteiger partial charge in [-0.3, -0.25) is 0 Å². The molecule has 0 aliphatic heterocycles. The van der Waals surface area contributed by atoms with Crippen molar-refractivity contribution in [2.24, 2.45) is 0 Å². The van der Waals surface area contributed by atoms with E-state index in [0.717, 1.165) is 19.3 Å². The van der Waals surface area contributed by atoms with Crippen LogP contribution in [0.5, 0.6) is 0 Å². The maximum atomic E-state index is 12.1. The Labute approximate surface area is 144 Å². The summed E-state index contributed by atoms with van der Waals surface area (Å²) < 4.78 is 15.2. The number of benzene rings is 1. The Morgan fingerprint density at radius 3 is 2.21 bits per heavy atom. The molecule has 0 aromatic heterocycles. The molecule has 0 radical (unpaired) electrons. The monoisotopic (exact) mass is 336 g/mol. The highest BCUT2D eigenvalue weighted by atomic mass is 16.7. The van der Waals surface area contributed by atoms with Crippen molar-refractivity contribution < 1.29 is 23.8 Å². The highest BCUT2D eigenvalue weighted by molar-refractivity contribution is 5.89. The second-order valence-corrected chi connectivity index (χ2v) is 5.86. The van der Waals surface area contributed by atoms with Gasteiger partial charge in [0.1, 0.15) is 12.2 Å². The molecule has 0 aliphatic rings. The number of esters is 1. The lowest BCUT2D eigenvalue weighted by molar-refractivity contribution is 0.00175. The molecule has 0 saturated heterocycles. The zero-order valence-corrected chi connectivity index (χ0v) is 15.0. The summed E-state index contributed by atoms with van der Waals surface area (Å²) in [6.45, 7) is 7.65. The summed E-state index contributed by atoms with van der Waals surface area (Å²) in [7, 11) is 0. The molecule has 24 heavy (non-hydrogen) atoms. The molecule has 0 N–H and O–H groups in total. The van der Waals surface area contributed by atoms with Gasteiger partial charge in [-0.2, -0.15) is 0 Å². The summed E-state index contributed by atoms with van der Waals surface area (Å²) in [6, 6.07) is 7.50. The predicted octanol–water partition coefficient (Wildman–Crippen LogP) is 4.53. The first-order valence-corrected chi connectivity index (χ1v) is 8.59. The van der Waals surface area contributed by atoms with Crippen molar-refractivity contribution in [2.45, 2.75) is 65.6 Å². The van der Waals surface area contributed by atoms with Crippen LogP contribution in [0.3, 0.4) is 0 Å². The second-order valence-electron chi connectivity index (χ2n) is 5.86. The van der Waals surface area contributed by atoms with E-state index in [4.69, 9.17) is 14.2 Å². The van der Waals surface area contributed by atoms with Crippen LogP contribution < -0.4 is 0 Å². The maximum Gasteiger partial charge on any atom is 0.508 e. The molecule has 0 aliphatic carbocycles. The molecular weight excluding hydrogens is 308 g/mol. The summed E-state index contributed by atoms with van der Waals surface area (Å²) >= 11 is 0. The molecular formula is C19H28O5. The van der Waals surface area contributed by atoms with Gasteiger partial charge in [0.05, 0.1) is 12.2 Å². The Morgan fingerprint density at radius 2 is 1.62 bits per heavy atom. The van der Waals surface area contributed by atoms with Gasteiger partial charge < -0.3 is 14.2 Å². The summed E-state index contributed by atoms with van der Waals surface area (Å²) in [6.07, 6.45) is 2.27. The molecule has 0 amide bonds. The predicted molar refractivity (Wildman–Crippen MR) is 92.1 cm³/mol. The van der Waals surface area contributed by atoms with Gasteiger partial charge in [0, 0.05) is 6.42 Å². The highest BCUT2D eigenvalue weighted by Gasteiger charge is 2.18. The van der Waals surface area contributed by atoms with E-state index in [-0.39, 0.29) is 24.8 Å². The Morgan fingerprint density at radius 1 is 1.00 bits per heavy atom. The summed E-state index contributed by atoms with van der Waals surface area (Å²) in [5.74, 6) is -0.368. The number of unbranched alkanes of at least 4 members (excludes halogenated alkanes) is 1. The number of rotatable bonds is 9. The Balaban J connectivity index is 2.44. The van der Waals surface area contributed by atoms with E-state index in [0.29, 0.717) is 12.0 Å². The Hall–Kier alpha value is -2.04. The zero-order valence-electron chi connectivity index (χ0n) is 15.0. The van der Waals surface area contributed by atoms with Crippen LogP contribution >= 0.6 is 0 Å². The van der Waals surface area contributed by atoms with Crippen molar-refractivity contribution in [1.29, 1.82) is 0 Å². The van der Waals surface area contributed by atoms with Crippen molar-refractivity contribution in [3.05, 3.63) is 35.4 Å². The van der Waals surface area contributed by atoms with E-state index in [1.807, 2.05) is 12.1 Å². The fraction of sp³-hybridized carbons (Fsp3) is 0.579. The van der Waals surface area contributed by atoms with Gasteiger partial charge in [0.15, 0.2) is 0 Å². The van der Waals surface area contributed by atoms with Gasteiger partial charge >= 0.3 is 12.1 Å². The van der Waals surface area contributed by atoms with Crippen molar-refractivity contribution in [1.82, 2.24) is 0 Å². The van der Waals surface area contributed by atoms with E-state index < -0.39 is 6.16 Å². The van der Waals surface area contributed by atoms with E-state index in [2.05, 4.69) is 6.92 Å². The van der Waals surface area contributed by atoms with Crippen LogP contribution in [-0.4, -0.2) is 30.9 Å². The molecule has 5 heteroatoms. The average Bonchev–Trinajstić information content (AvgIpc) is 2.53. The molecule has 5 nitrogen and oxygen atoms in total. The lowest BCUT2D eigenvalue weighted by Gasteiger charge is -2.18. The number of carbonyl (C=O) groups is 2. The third-order valence-electron chi connectivity index (χ3n) is 3.54. The van der Waals surface area contributed by atoms with Crippen LogP contribution in [0, 0.1) is 0 Å². The van der Waals surface area contributed by atoms with Crippen LogP contribution in [0.4, 0.5) is 4.79 Å². The SMILES string of the molecule is CCCCc1ccc(C(=O)OC(C)CC(C)OC(=O)OCC)cc1. The molecule has 1 aromatic carbocycles. The van der Waals surface area contributed by atoms with Crippen molar-refractivity contribution >= 4 is 12.1 Å². The van der Waals surface area contributed by atoms with Gasteiger partial charge in [0.2, 0.25) is 0 Å². The van der Waals surface area contributed by atoms with Crippen molar-refractivity contribution in [2.75, 3.05) is 6.61 Å². The highest BCUT2D eigenvalue weighted by Crippen LogP contribution is 2.12. The number of carbonyl (C=O) groups excluding carboxylic acids is 2. The fourth-order valence-electron chi connectivity index (χ4n) is 2.32. The zero-order chi connectivity index (χ0) is 17.9. The molecule has 1 rings (SSSR count). The third-order valence-corrected chi connectivity index (χ3v) is 3.54. The molecule has 0 spiro atoms. The second kappa shape index (κ2) is 10.7. The summed E-state index contributed by atoms with van der Waals surface area (Å²) in [5.41, 5.74) is 1.75. The molecule has 1 aromatic rings. The largest absolute Gasteiger partial charge is 0.508 e. The van der Waals surface area contributed by atoms with Gasteiger partial charge in [-0.1, -0.05) is 25.5 Å². The minimum Gasteiger partial charge on any atom is -0.459 e. The van der Waals surface area contributed by atoms with Gasteiger partial charge in [0.25, 0.3) is 0 Å². The average molecular weight is 336 g/mol. The summed E-state index contributed by atoms with van der Waals surface area (Å²) in [5, 5.41) is 0. The van der Waals surface area contributed by atoms with E-state index in [1.165, 1.54) is 5.56 Å². The minimum absolute atomic E-state index is 0.268. The third kappa shape index (κ3) is 7.49. The molecule has 0 saturated carbocycles. The molecule has 2 unspecified atom stereocenters. The Bertz CT molecular complexity index is 509. The standard InChI is InChI=1S/C19H28O5/c1-5-7-8-16-9-11-17(12-10-16)18(20)23-14(3)13-15(4)24-19(21)22-6-2/h9-12,14-15H,5-8,13H2,1-4H3. The van der Waals surface area contributed by atoms with E-state index >= 15 is 0 Å². The summed E-state index contributed by atoms with van der Waals surface area (Å²) in [4.78, 5) is 23.4. The lowest BCUT2D eigenvalue weighted by Crippen LogP contribution is -2.24. The molecule has 134 valence electrons. The molecule has 0 fully saturated rings. The van der Waals surface area contributed by atoms with Crippen LogP contribution in [0.25, 0.3) is 0 Å². The fourth-order valence-corrected chi connectivity index (χ4v) is 2.32. The first-order chi connectivity index (χ1) is 11.5. The number of hydrogen-bond donors (Lipinski definition) is 0. The Kier molecular flexibility index (Phi) is 8.90. The number of aryl methyl sites for hydroxylation is 1. The first-order valence-electron chi connectivity index (χ1n) is 8.59. The van der Waals surface area contributed by atoms with Gasteiger partial charge in [-0.15, -0.1) is 0 Å². The van der Waals surface area contributed by atoms with Crippen LogP contribution in [0.15, 0.2) is 24.3 Å². The van der Waals surface area contributed by atoms with Crippen molar-refractivity contribution in [3.8, 4) is 0 Å². The van der Waals surface area contributed by atoms with Gasteiger partial charge in [-0.25, -0.2) is 9.59 Å². The van der Waals surface area contributed by atoms with Crippen molar-refractivity contribution in [3.63, 3.8) is 0 Å². The normalized spacial score (nSPS) is 13.0. The smallest absolute Gasteiger partial charge is 0.459 e. The molecule has 0 heterocycles. The van der Waals surface area contributed by atoms with Crippen LogP contribution in [-0.2, 0) is 20.6 Å². The molecule has 2 atom stereocenters. The number of ether oxygens (including phenoxy) is 3. The van der Waals surface area contributed by atoms with E-state index in [9.17, 15) is 9.59 Å². The topological polar surface area (TPSA) is 61.8 Å². The molecule has 0 bridgehead atoms. The number of hydrogen-bond acceptors (Lipinski definition) is 5. The quantitative estimate of drug-likeness (QED) is 0.620. The van der Waals surface area contributed by atoms with Crippen LogP contribution in [0.1, 0.15) is 62.9 Å². The maximum absolute atomic E-state index is 12.1. The van der Waals surface area contributed by atoms with E-state index in [1.54, 1.807) is 32.9 Å². The van der Waals surface area contributed by atoms with Gasteiger partial charge in [-0.05, 0) is 51.3 Å². The first kappa shape index (κ1) is 20.0. The minimum atomic E-state index is -0.703. The lowest BCUT2D eigenvalue weighted by atomic mass is 10.1. The van der Waals surface area contributed by atoms with Crippen LogP contribution in [0.2, 0.25) is 0 Å².